The number of aromatic nitrogens is 1. The molecule has 0 unspecified atom stereocenters. The van der Waals surface area contributed by atoms with Crippen molar-refractivity contribution in [2.75, 3.05) is 38.2 Å². The minimum atomic E-state index is -0.0299. The molecule has 2 aromatic carbocycles. The normalized spacial score (nSPS) is 14.6. The van der Waals surface area contributed by atoms with Crippen LogP contribution in [0.15, 0.2) is 36.4 Å². The molecule has 1 N–H and O–H groups in total. The van der Waals surface area contributed by atoms with E-state index in [9.17, 15) is 4.79 Å². The number of ether oxygens (including phenoxy) is 2. The number of nitrogens with zero attached hydrogens (tertiary/aromatic N) is 2. The number of hydrogen-bond donors (Lipinski definition) is 1. The molecule has 1 fully saturated rings. The van der Waals surface area contributed by atoms with Crippen molar-refractivity contribution in [1.82, 2.24) is 9.88 Å². The van der Waals surface area contributed by atoms with Gasteiger partial charge in [-0.25, -0.2) is 4.98 Å². The number of aryl methyl sites for hydroxylation is 2. The van der Waals surface area contributed by atoms with Crippen LogP contribution in [0.3, 0.4) is 0 Å². The van der Waals surface area contributed by atoms with E-state index in [2.05, 4.69) is 27.3 Å². The second-order valence-corrected chi connectivity index (χ2v) is 8.96. The molecule has 1 saturated heterocycles. The van der Waals surface area contributed by atoms with Crippen LogP contribution in [0.25, 0.3) is 10.2 Å². The van der Waals surface area contributed by atoms with E-state index in [-0.39, 0.29) is 5.91 Å². The van der Waals surface area contributed by atoms with Crippen molar-refractivity contribution in [3.63, 3.8) is 0 Å². The first kappa shape index (κ1) is 21.7. The van der Waals surface area contributed by atoms with Gasteiger partial charge in [0.1, 0.15) is 5.75 Å². The zero-order chi connectivity index (χ0) is 21.6. The standard InChI is InChI=1S/C24H29N3O3S/c1-17-5-3-6-18(2)23(17)30-12-4-7-22(28)26-24-25-20-9-8-19(15-21(20)31-24)16-27-10-13-29-14-11-27/h3,5-6,8-9,15H,4,7,10-14,16H2,1-2H3,(H,25,26,28). The lowest BCUT2D eigenvalue weighted by atomic mass is 10.1. The van der Waals surface area contributed by atoms with E-state index < -0.39 is 0 Å². The predicted molar refractivity (Wildman–Crippen MR) is 125 cm³/mol. The van der Waals surface area contributed by atoms with Crippen LogP contribution in [-0.4, -0.2) is 48.7 Å². The van der Waals surface area contributed by atoms with Crippen LogP contribution in [0.4, 0.5) is 5.13 Å². The number of anilines is 1. The van der Waals surface area contributed by atoms with E-state index in [4.69, 9.17) is 9.47 Å². The van der Waals surface area contributed by atoms with E-state index in [0.29, 0.717) is 24.6 Å². The summed E-state index contributed by atoms with van der Waals surface area (Å²) in [6.45, 7) is 9.04. The van der Waals surface area contributed by atoms with Gasteiger partial charge < -0.3 is 14.8 Å². The molecule has 0 atom stereocenters. The molecule has 1 aliphatic rings. The second-order valence-electron chi connectivity index (χ2n) is 7.93. The summed E-state index contributed by atoms with van der Waals surface area (Å²) in [7, 11) is 0. The number of amides is 1. The zero-order valence-electron chi connectivity index (χ0n) is 18.1. The van der Waals surface area contributed by atoms with Crippen molar-refractivity contribution >= 4 is 32.6 Å². The molecule has 3 aromatic rings. The molecule has 164 valence electrons. The Morgan fingerprint density at radius 3 is 2.74 bits per heavy atom. The minimum Gasteiger partial charge on any atom is -0.493 e. The first-order valence-electron chi connectivity index (χ1n) is 10.8. The van der Waals surface area contributed by atoms with E-state index in [1.165, 1.54) is 16.9 Å². The molecule has 1 amide bonds. The Hall–Kier alpha value is -2.48. The largest absolute Gasteiger partial charge is 0.493 e. The first-order chi connectivity index (χ1) is 15.1. The summed E-state index contributed by atoms with van der Waals surface area (Å²) in [4.78, 5) is 19.3. The third-order valence-corrected chi connectivity index (χ3v) is 6.35. The molecule has 2 heterocycles. The average molecular weight is 440 g/mol. The Labute approximate surface area is 187 Å². The summed E-state index contributed by atoms with van der Waals surface area (Å²) in [6, 6.07) is 12.4. The number of thiazole rings is 1. The maximum absolute atomic E-state index is 12.3. The van der Waals surface area contributed by atoms with Gasteiger partial charge in [-0.3, -0.25) is 9.69 Å². The quantitative estimate of drug-likeness (QED) is 0.522. The van der Waals surface area contributed by atoms with Gasteiger partial charge in [-0.05, 0) is 49.1 Å². The SMILES string of the molecule is Cc1cccc(C)c1OCCCC(=O)Nc1nc2ccc(CN3CCOCC3)cc2s1. The second kappa shape index (κ2) is 10.2. The maximum atomic E-state index is 12.3. The van der Waals surface area contributed by atoms with Gasteiger partial charge in [0.15, 0.2) is 5.13 Å². The van der Waals surface area contributed by atoms with Crippen molar-refractivity contribution in [3.05, 3.63) is 53.1 Å². The Bertz CT molecular complexity index is 1020. The number of hydrogen-bond acceptors (Lipinski definition) is 6. The molecular weight excluding hydrogens is 410 g/mol. The molecule has 4 rings (SSSR count). The first-order valence-corrected chi connectivity index (χ1v) is 11.6. The maximum Gasteiger partial charge on any atom is 0.226 e. The van der Waals surface area contributed by atoms with Crippen LogP contribution in [0.1, 0.15) is 29.5 Å². The summed E-state index contributed by atoms with van der Waals surface area (Å²) < 4.78 is 12.4. The lowest BCUT2D eigenvalue weighted by Crippen LogP contribution is -2.35. The lowest BCUT2D eigenvalue weighted by Gasteiger charge is -2.26. The number of para-hydroxylation sites is 1. The molecular formula is C24H29N3O3S. The van der Waals surface area contributed by atoms with Crippen LogP contribution < -0.4 is 10.1 Å². The molecule has 1 aliphatic heterocycles. The molecule has 6 nitrogen and oxygen atoms in total. The molecule has 1 aromatic heterocycles. The highest BCUT2D eigenvalue weighted by molar-refractivity contribution is 7.22. The molecule has 31 heavy (non-hydrogen) atoms. The van der Waals surface area contributed by atoms with Gasteiger partial charge in [0, 0.05) is 26.1 Å². The fourth-order valence-electron chi connectivity index (χ4n) is 3.75. The van der Waals surface area contributed by atoms with Crippen molar-refractivity contribution in [2.45, 2.75) is 33.2 Å². The van der Waals surface area contributed by atoms with Gasteiger partial charge in [0.05, 0.1) is 30.0 Å². The highest BCUT2D eigenvalue weighted by atomic mass is 32.1. The molecule has 0 aliphatic carbocycles. The number of carbonyl (C=O) groups is 1. The summed E-state index contributed by atoms with van der Waals surface area (Å²) in [5.74, 6) is 0.889. The monoisotopic (exact) mass is 439 g/mol. The van der Waals surface area contributed by atoms with Gasteiger partial charge in [0.2, 0.25) is 5.91 Å². The van der Waals surface area contributed by atoms with Gasteiger partial charge in [-0.1, -0.05) is 35.6 Å². The Balaban J connectivity index is 1.27. The third kappa shape index (κ3) is 5.81. The number of nitrogens with one attached hydrogen (secondary N) is 1. The van der Waals surface area contributed by atoms with Gasteiger partial charge >= 0.3 is 0 Å². The van der Waals surface area contributed by atoms with Crippen molar-refractivity contribution < 1.29 is 14.3 Å². The fraction of sp³-hybridized carbons (Fsp3) is 0.417. The van der Waals surface area contributed by atoms with E-state index in [1.54, 1.807) is 0 Å². The van der Waals surface area contributed by atoms with E-state index >= 15 is 0 Å². The topological polar surface area (TPSA) is 63.7 Å². The van der Waals surface area contributed by atoms with Crippen molar-refractivity contribution in [2.24, 2.45) is 0 Å². The van der Waals surface area contributed by atoms with Crippen LogP contribution in [-0.2, 0) is 16.1 Å². The predicted octanol–water partition coefficient (Wildman–Crippen LogP) is 4.54. The third-order valence-electron chi connectivity index (χ3n) is 5.41. The van der Waals surface area contributed by atoms with Crippen LogP contribution in [0.2, 0.25) is 0 Å². The molecule has 0 spiro atoms. The minimum absolute atomic E-state index is 0.0299. The zero-order valence-corrected chi connectivity index (χ0v) is 19.0. The highest BCUT2D eigenvalue weighted by Gasteiger charge is 2.13. The summed E-state index contributed by atoms with van der Waals surface area (Å²) >= 11 is 1.52. The van der Waals surface area contributed by atoms with Crippen LogP contribution in [0.5, 0.6) is 5.75 Å². The Morgan fingerprint density at radius 1 is 1.19 bits per heavy atom. The van der Waals surface area contributed by atoms with Gasteiger partial charge in [-0.2, -0.15) is 0 Å². The van der Waals surface area contributed by atoms with E-state index in [1.807, 2.05) is 38.1 Å². The summed E-state index contributed by atoms with van der Waals surface area (Å²) in [5.41, 5.74) is 4.42. The average Bonchev–Trinajstić information content (AvgIpc) is 3.15. The van der Waals surface area contributed by atoms with Gasteiger partial charge in [-0.15, -0.1) is 0 Å². The number of fused-ring (bicyclic) bond motifs is 1. The molecule has 7 heteroatoms. The summed E-state index contributed by atoms with van der Waals surface area (Å²) in [6.07, 6.45) is 1.07. The van der Waals surface area contributed by atoms with Crippen LogP contribution in [0, 0.1) is 13.8 Å². The van der Waals surface area contributed by atoms with Crippen molar-refractivity contribution in [1.29, 1.82) is 0 Å². The van der Waals surface area contributed by atoms with Gasteiger partial charge in [0.25, 0.3) is 0 Å². The summed E-state index contributed by atoms with van der Waals surface area (Å²) in [5, 5.41) is 3.59. The number of rotatable bonds is 8. The highest BCUT2D eigenvalue weighted by Crippen LogP contribution is 2.28. The Kier molecular flexibility index (Phi) is 7.17. The molecule has 0 saturated carbocycles. The van der Waals surface area contributed by atoms with E-state index in [0.717, 1.165) is 59.9 Å². The number of benzene rings is 2. The molecule has 0 bridgehead atoms. The van der Waals surface area contributed by atoms with Crippen LogP contribution >= 0.6 is 11.3 Å². The fourth-order valence-corrected chi connectivity index (χ4v) is 4.70. The van der Waals surface area contributed by atoms with Crippen molar-refractivity contribution in [3.8, 4) is 5.75 Å². The smallest absolute Gasteiger partial charge is 0.226 e. The lowest BCUT2D eigenvalue weighted by molar-refractivity contribution is -0.116. The number of morpholine rings is 1. The Morgan fingerprint density at radius 2 is 1.97 bits per heavy atom. The molecule has 0 radical (unpaired) electrons. The number of carbonyl (C=O) groups excluding carboxylic acids is 1.